The number of rotatable bonds is 9. The number of amides is 2. The van der Waals surface area contributed by atoms with Crippen molar-refractivity contribution in [2.75, 3.05) is 12.3 Å². The summed E-state index contributed by atoms with van der Waals surface area (Å²) in [6.07, 6.45) is -0.345. The first-order chi connectivity index (χ1) is 9.27. The van der Waals surface area contributed by atoms with E-state index in [9.17, 15) is 19.2 Å². The highest BCUT2D eigenvalue weighted by molar-refractivity contribution is 7.80. The normalized spacial score (nSPS) is 13.1. The maximum absolute atomic E-state index is 11.6. The molecule has 0 saturated heterocycles. The van der Waals surface area contributed by atoms with Crippen molar-refractivity contribution in [3.63, 3.8) is 0 Å². The summed E-state index contributed by atoms with van der Waals surface area (Å²) >= 11 is 3.87. The molecule has 0 aliphatic carbocycles. The van der Waals surface area contributed by atoms with E-state index < -0.39 is 42.4 Å². The predicted octanol–water partition coefficient (Wildman–Crippen LogP) is -2.21. The largest absolute Gasteiger partial charge is 0.481 e. The predicted molar refractivity (Wildman–Crippen MR) is 71.3 cm³/mol. The van der Waals surface area contributed by atoms with Gasteiger partial charge in [0.1, 0.15) is 12.6 Å². The lowest BCUT2D eigenvalue weighted by Gasteiger charge is -2.18. The Morgan fingerprint density at radius 3 is 2.15 bits per heavy atom. The van der Waals surface area contributed by atoms with Gasteiger partial charge in [0.25, 0.3) is 0 Å². The Morgan fingerprint density at radius 1 is 1.10 bits per heavy atom. The van der Waals surface area contributed by atoms with Crippen LogP contribution in [-0.4, -0.2) is 58.3 Å². The van der Waals surface area contributed by atoms with E-state index in [4.69, 9.17) is 15.9 Å². The minimum absolute atomic E-state index is 0.0527. The molecule has 0 spiro atoms. The van der Waals surface area contributed by atoms with Crippen LogP contribution in [0.4, 0.5) is 0 Å². The summed E-state index contributed by atoms with van der Waals surface area (Å²) in [5.41, 5.74) is 5.46. The summed E-state index contributed by atoms with van der Waals surface area (Å²) < 4.78 is 0. The number of carboxylic acid groups (broad SMARTS) is 2. The van der Waals surface area contributed by atoms with Gasteiger partial charge in [-0.15, -0.1) is 0 Å². The van der Waals surface area contributed by atoms with Gasteiger partial charge in [0.15, 0.2) is 0 Å². The summed E-state index contributed by atoms with van der Waals surface area (Å²) in [4.78, 5) is 43.8. The molecule has 0 aromatic rings. The van der Waals surface area contributed by atoms with E-state index in [-0.39, 0.29) is 18.6 Å². The van der Waals surface area contributed by atoms with Gasteiger partial charge in [-0.3, -0.25) is 19.2 Å². The van der Waals surface area contributed by atoms with Gasteiger partial charge in [0.2, 0.25) is 11.8 Å². The van der Waals surface area contributed by atoms with E-state index in [1.54, 1.807) is 0 Å². The molecule has 114 valence electrons. The molecule has 9 nitrogen and oxygen atoms in total. The van der Waals surface area contributed by atoms with E-state index in [0.717, 1.165) is 0 Å². The summed E-state index contributed by atoms with van der Waals surface area (Å²) in [7, 11) is 0. The topological polar surface area (TPSA) is 159 Å². The van der Waals surface area contributed by atoms with Crippen LogP contribution in [0.2, 0.25) is 0 Å². The zero-order chi connectivity index (χ0) is 15.7. The fraction of sp³-hybridized carbons (Fsp3) is 0.600. The summed E-state index contributed by atoms with van der Waals surface area (Å²) in [6, 6.07) is -2.11. The first kappa shape index (κ1) is 18.2. The molecule has 0 unspecified atom stereocenters. The van der Waals surface area contributed by atoms with Crippen molar-refractivity contribution in [2.24, 2.45) is 5.73 Å². The Balaban J connectivity index is 4.33. The zero-order valence-electron chi connectivity index (χ0n) is 10.5. The van der Waals surface area contributed by atoms with Crippen molar-refractivity contribution < 1.29 is 29.4 Å². The highest BCUT2D eigenvalue weighted by atomic mass is 32.1. The molecule has 0 radical (unpaired) electrons. The molecule has 0 fully saturated rings. The van der Waals surface area contributed by atoms with Crippen molar-refractivity contribution in [3.05, 3.63) is 0 Å². The molecule has 0 aromatic carbocycles. The van der Waals surface area contributed by atoms with Gasteiger partial charge in [0, 0.05) is 12.2 Å². The minimum atomic E-state index is -1.22. The highest BCUT2D eigenvalue weighted by Crippen LogP contribution is 1.97. The molecule has 20 heavy (non-hydrogen) atoms. The number of hydrogen-bond donors (Lipinski definition) is 6. The number of aliphatic carboxylic acids is 2. The molecule has 0 saturated carbocycles. The Morgan fingerprint density at radius 2 is 1.70 bits per heavy atom. The van der Waals surface area contributed by atoms with E-state index in [1.165, 1.54) is 0 Å². The van der Waals surface area contributed by atoms with Gasteiger partial charge >= 0.3 is 11.9 Å². The lowest BCUT2D eigenvalue weighted by Crippen LogP contribution is -2.53. The second kappa shape index (κ2) is 9.15. The number of thiol groups is 1. The van der Waals surface area contributed by atoms with Crippen molar-refractivity contribution in [2.45, 2.75) is 24.9 Å². The summed E-state index contributed by atoms with van der Waals surface area (Å²) in [6.45, 7) is -0.579. The lowest BCUT2D eigenvalue weighted by molar-refractivity contribution is -0.138. The Labute approximate surface area is 120 Å². The molecule has 10 heteroatoms. The van der Waals surface area contributed by atoms with Crippen LogP contribution in [-0.2, 0) is 19.2 Å². The average Bonchev–Trinajstić information content (AvgIpc) is 2.38. The lowest BCUT2D eigenvalue weighted by atomic mass is 10.1. The van der Waals surface area contributed by atoms with Gasteiger partial charge in [-0.2, -0.15) is 12.6 Å². The van der Waals surface area contributed by atoms with Crippen molar-refractivity contribution >= 4 is 36.4 Å². The van der Waals surface area contributed by atoms with Gasteiger partial charge in [-0.1, -0.05) is 0 Å². The monoisotopic (exact) mass is 307 g/mol. The fourth-order valence-corrected chi connectivity index (χ4v) is 1.43. The van der Waals surface area contributed by atoms with Crippen molar-refractivity contribution in [1.29, 1.82) is 0 Å². The van der Waals surface area contributed by atoms with E-state index in [1.807, 2.05) is 0 Å². The van der Waals surface area contributed by atoms with E-state index in [0.29, 0.717) is 0 Å². The van der Waals surface area contributed by atoms with Gasteiger partial charge in [-0.05, 0) is 6.42 Å². The molecule has 6 N–H and O–H groups in total. The number of carboxylic acids is 2. The molecule has 0 aliphatic heterocycles. The van der Waals surface area contributed by atoms with Gasteiger partial charge in [-0.25, -0.2) is 0 Å². The maximum atomic E-state index is 11.6. The fourth-order valence-electron chi connectivity index (χ4n) is 1.17. The molecule has 0 bridgehead atoms. The summed E-state index contributed by atoms with van der Waals surface area (Å²) in [5.74, 6) is -3.76. The quantitative estimate of drug-likeness (QED) is 0.263. The second-order valence-electron chi connectivity index (χ2n) is 3.89. The zero-order valence-corrected chi connectivity index (χ0v) is 11.4. The number of nitrogens with one attached hydrogen (secondary N) is 2. The number of hydrogen-bond acceptors (Lipinski definition) is 6. The van der Waals surface area contributed by atoms with Gasteiger partial charge in [0.05, 0.1) is 6.04 Å². The average molecular weight is 307 g/mol. The number of carbonyl (C=O) groups is 4. The Bertz CT molecular complexity index is 389. The molecule has 0 aromatic heterocycles. The minimum Gasteiger partial charge on any atom is -0.481 e. The third-order valence-corrected chi connectivity index (χ3v) is 2.60. The van der Waals surface area contributed by atoms with Crippen LogP contribution in [0.15, 0.2) is 0 Å². The highest BCUT2D eigenvalue weighted by Gasteiger charge is 2.23. The molecular formula is C10H17N3O6S. The number of nitrogens with two attached hydrogens (primary N) is 1. The SMILES string of the molecule is N[C@H](CCC(=O)O)C(=O)N[C@@H](CS)C(=O)NCC(=O)O. The molecule has 0 rings (SSSR count). The summed E-state index contributed by atoms with van der Waals surface area (Å²) in [5, 5.41) is 21.2. The Hall–Kier alpha value is -1.81. The molecule has 2 atom stereocenters. The van der Waals surface area contributed by atoms with Crippen molar-refractivity contribution in [1.82, 2.24) is 10.6 Å². The van der Waals surface area contributed by atoms with E-state index in [2.05, 4.69) is 23.3 Å². The maximum Gasteiger partial charge on any atom is 0.322 e. The first-order valence-corrected chi connectivity index (χ1v) is 6.29. The first-order valence-electron chi connectivity index (χ1n) is 5.66. The molecular weight excluding hydrogens is 290 g/mol. The van der Waals surface area contributed by atoms with Crippen molar-refractivity contribution in [3.8, 4) is 0 Å². The smallest absolute Gasteiger partial charge is 0.322 e. The van der Waals surface area contributed by atoms with Crippen LogP contribution in [0.3, 0.4) is 0 Å². The van der Waals surface area contributed by atoms with Crippen LogP contribution in [0.1, 0.15) is 12.8 Å². The molecule has 0 aliphatic rings. The van der Waals surface area contributed by atoms with Crippen LogP contribution < -0.4 is 16.4 Å². The van der Waals surface area contributed by atoms with Crippen LogP contribution in [0, 0.1) is 0 Å². The second-order valence-corrected chi connectivity index (χ2v) is 4.26. The Kier molecular flexibility index (Phi) is 8.32. The van der Waals surface area contributed by atoms with Crippen LogP contribution in [0.5, 0.6) is 0 Å². The standard InChI is InChI=1S/C10H17N3O6S/c11-5(1-2-7(14)15)9(18)13-6(4-20)10(19)12-3-8(16)17/h5-6,20H,1-4,11H2,(H,12,19)(H,13,18)(H,14,15)(H,16,17)/t5-,6+/m1/s1. The number of carbonyl (C=O) groups excluding carboxylic acids is 2. The molecule has 0 heterocycles. The van der Waals surface area contributed by atoms with E-state index >= 15 is 0 Å². The third kappa shape index (κ3) is 7.59. The van der Waals surface area contributed by atoms with Gasteiger partial charge < -0.3 is 26.6 Å². The van der Waals surface area contributed by atoms with Crippen LogP contribution >= 0.6 is 12.6 Å². The molecule has 2 amide bonds. The van der Waals surface area contributed by atoms with Crippen LogP contribution in [0.25, 0.3) is 0 Å². The third-order valence-electron chi connectivity index (χ3n) is 2.24.